The van der Waals surface area contributed by atoms with E-state index in [0.717, 1.165) is 5.56 Å². The molecule has 3 aromatic rings. The van der Waals surface area contributed by atoms with Crippen molar-refractivity contribution in [1.82, 2.24) is 15.5 Å². The number of benzene rings is 2. The third kappa shape index (κ3) is 4.00. The van der Waals surface area contributed by atoms with Crippen LogP contribution < -0.4 is 10.1 Å². The summed E-state index contributed by atoms with van der Waals surface area (Å²) < 4.78 is 24.3. The molecule has 1 aromatic heterocycles. The lowest BCUT2D eigenvalue weighted by Crippen LogP contribution is -2.26. The van der Waals surface area contributed by atoms with Crippen LogP contribution in [0.5, 0.6) is 5.75 Å². The van der Waals surface area contributed by atoms with E-state index in [2.05, 4.69) is 15.5 Å². The van der Waals surface area contributed by atoms with Crippen LogP contribution in [0.4, 0.5) is 4.39 Å². The van der Waals surface area contributed by atoms with Crippen molar-refractivity contribution in [3.05, 3.63) is 65.8 Å². The number of nitrogens with zero attached hydrogens (tertiary/aromatic N) is 2. The first-order valence-electron chi connectivity index (χ1n) is 7.67. The average molecular weight is 341 g/mol. The van der Waals surface area contributed by atoms with Crippen molar-refractivity contribution in [3.8, 4) is 17.2 Å². The highest BCUT2D eigenvalue weighted by atomic mass is 19.1. The van der Waals surface area contributed by atoms with E-state index in [0.29, 0.717) is 24.0 Å². The maximum atomic E-state index is 13.5. The van der Waals surface area contributed by atoms with E-state index in [-0.39, 0.29) is 12.1 Å². The standard InChI is InChI=1S/C18H16FN3O3/c1-24-13-6-4-5-12(11-13)18-22-21-16(25-18)9-10-20-17(23)14-7-2-3-8-15(14)19/h2-8,11H,9-10H2,1H3,(H,20,23). The lowest BCUT2D eigenvalue weighted by atomic mass is 10.2. The molecule has 0 aliphatic carbocycles. The van der Waals surface area contributed by atoms with Crippen molar-refractivity contribution in [2.45, 2.75) is 6.42 Å². The minimum atomic E-state index is -0.557. The molecule has 3 rings (SSSR count). The number of carbonyl (C=O) groups is 1. The second-order valence-corrected chi connectivity index (χ2v) is 5.22. The summed E-state index contributed by atoms with van der Waals surface area (Å²) in [5.41, 5.74) is 0.749. The van der Waals surface area contributed by atoms with Crippen LogP contribution in [0.1, 0.15) is 16.2 Å². The quantitative estimate of drug-likeness (QED) is 0.746. The Bertz CT molecular complexity index is 879. The molecule has 1 heterocycles. The van der Waals surface area contributed by atoms with Crippen molar-refractivity contribution >= 4 is 5.91 Å². The van der Waals surface area contributed by atoms with Gasteiger partial charge in [0.15, 0.2) is 0 Å². The highest BCUT2D eigenvalue weighted by molar-refractivity contribution is 5.94. The first kappa shape index (κ1) is 16.6. The van der Waals surface area contributed by atoms with Gasteiger partial charge in [-0.15, -0.1) is 10.2 Å². The van der Waals surface area contributed by atoms with Crippen LogP contribution in [-0.4, -0.2) is 29.8 Å². The van der Waals surface area contributed by atoms with E-state index in [1.165, 1.54) is 18.2 Å². The molecule has 0 saturated heterocycles. The SMILES string of the molecule is COc1cccc(-c2nnc(CCNC(=O)c3ccccc3F)o2)c1. The number of amides is 1. The second-order valence-electron chi connectivity index (χ2n) is 5.22. The van der Waals surface area contributed by atoms with Gasteiger partial charge >= 0.3 is 0 Å². The lowest BCUT2D eigenvalue weighted by molar-refractivity contribution is 0.0949. The first-order chi connectivity index (χ1) is 12.2. The Morgan fingerprint density at radius 3 is 2.84 bits per heavy atom. The van der Waals surface area contributed by atoms with Crippen LogP contribution in [0.3, 0.4) is 0 Å². The van der Waals surface area contributed by atoms with Crippen molar-refractivity contribution in [2.75, 3.05) is 13.7 Å². The number of ether oxygens (including phenoxy) is 1. The number of methoxy groups -OCH3 is 1. The molecule has 1 N–H and O–H groups in total. The van der Waals surface area contributed by atoms with E-state index in [1.54, 1.807) is 19.2 Å². The Morgan fingerprint density at radius 2 is 2.04 bits per heavy atom. The Labute approximate surface area is 143 Å². The molecule has 0 radical (unpaired) electrons. The zero-order valence-electron chi connectivity index (χ0n) is 13.5. The zero-order chi connectivity index (χ0) is 17.6. The molecule has 1 amide bonds. The molecule has 25 heavy (non-hydrogen) atoms. The van der Waals surface area contributed by atoms with E-state index in [1.807, 2.05) is 18.2 Å². The van der Waals surface area contributed by atoms with Crippen molar-refractivity contribution in [1.29, 1.82) is 0 Å². The Balaban J connectivity index is 1.59. The summed E-state index contributed by atoms with van der Waals surface area (Å²) in [6.45, 7) is 0.257. The molecule has 128 valence electrons. The van der Waals surface area contributed by atoms with Gasteiger partial charge < -0.3 is 14.5 Å². The fraction of sp³-hybridized carbons (Fsp3) is 0.167. The minimum absolute atomic E-state index is 0.00472. The highest BCUT2D eigenvalue weighted by Gasteiger charge is 2.12. The number of nitrogens with one attached hydrogen (secondary N) is 1. The summed E-state index contributed by atoms with van der Waals surface area (Å²) in [5.74, 6) is 0.402. The molecule has 0 bridgehead atoms. The van der Waals surface area contributed by atoms with Gasteiger partial charge in [0.2, 0.25) is 11.8 Å². The van der Waals surface area contributed by atoms with E-state index in [4.69, 9.17) is 9.15 Å². The van der Waals surface area contributed by atoms with E-state index in [9.17, 15) is 9.18 Å². The van der Waals surface area contributed by atoms with Crippen LogP contribution in [0, 0.1) is 5.82 Å². The molecule has 0 unspecified atom stereocenters. The molecule has 0 aliphatic rings. The Kier molecular flexibility index (Phi) is 5.03. The predicted molar refractivity (Wildman–Crippen MR) is 88.7 cm³/mol. The highest BCUT2D eigenvalue weighted by Crippen LogP contribution is 2.22. The second kappa shape index (κ2) is 7.57. The first-order valence-corrected chi connectivity index (χ1v) is 7.67. The predicted octanol–water partition coefficient (Wildman–Crippen LogP) is 2.86. The smallest absolute Gasteiger partial charge is 0.254 e. The van der Waals surface area contributed by atoms with Gasteiger partial charge in [-0.25, -0.2) is 4.39 Å². The molecule has 6 nitrogen and oxygen atoms in total. The summed E-state index contributed by atoms with van der Waals surface area (Å²) in [6.07, 6.45) is 0.344. The van der Waals surface area contributed by atoms with Crippen LogP contribution in [0.2, 0.25) is 0 Å². The normalized spacial score (nSPS) is 10.5. The van der Waals surface area contributed by atoms with Crippen molar-refractivity contribution in [2.24, 2.45) is 0 Å². The third-order valence-electron chi connectivity index (χ3n) is 3.53. The number of aromatic nitrogens is 2. The number of carbonyl (C=O) groups excluding carboxylic acids is 1. The lowest BCUT2D eigenvalue weighted by Gasteiger charge is -2.04. The van der Waals surface area contributed by atoms with Gasteiger partial charge in [-0.3, -0.25) is 4.79 Å². The molecule has 0 fully saturated rings. The van der Waals surface area contributed by atoms with Crippen molar-refractivity contribution in [3.63, 3.8) is 0 Å². The minimum Gasteiger partial charge on any atom is -0.497 e. The van der Waals surface area contributed by atoms with E-state index < -0.39 is 11.7 Å². The molecular weight excluding hydrogens is 325 g/mol. The summed E-state index contributed by atoms with van der Waals surface area (Å²) >= 11 is 0. The summed E-state index contributed by atoms with van der Waals surface area (Å²) in [5, 5.41) is 10.6. The van der Waals surface area contributed by atoms with Gasteiger partial charge in [0, 0.05) is 18.5 Å². The summed E-state index contributed by atoms with van der Waals surface area (Å²) in [4.78, 5) is 11.9. The topological polar surface area (TPSA) is 77.3 Å². The maximum Gasteiger partial charge on any atom is 0.254 e. The van der Waals surface area contributed by atoms with E-state index >= 15 is 0 Å². The average Bonchev–Trinajstić information content (AvgIpc) is 3.11. The maximum absolute atomic E-state index is 13.5. The van der Waals surface area contributed by atoms with Crippen LogP contribution >= 0.6 is 0 Å². The number of hydrogen-bond donors (Lipinski definition) is 1. The van der Waals surface area contributed by atoms with Crippen molar-refractivity contribution < 1.29 is 18.3 Å². The monoisotopic (exact) mass is 341 g/mol. The fourth-order valence-electron chi connectivity index (χ4n) is 2.25. The Hall–Kier alpha value is -3.22. The molecule has 0 spiro atoms. The van der Waals surface area contributed by atoms with Crippen LogP contribution in [0.25, 0.3) is 11.5 Å². The van der Waals surface area contributed by atoms with Gasteiger partial charge in [0.25, 0.3) is 5.91 Å². The Morgan fingerprint density at radius 1 is 1.20 bits per heavy atom. The molecule has 0 saturated carbocycles. The number of hydrogen-bond acceptors (Lipinski definition) is 5. The van der Waals surface area contributed by atoms with Gasteiger partial charge in [-0.05, 0) is 30.3 Å². The fourth-order valence-corrected chi connectivity index (χ4v) is 2.25. The van der Waals surface area contributed by atoms with Crippen LogP contribution in [-0.2, 0) is 6.42 Å². The van der Waals surface area contributed by atoms with Crippen LogP contribution in [0.15, 0.2) is 52.9 Å². The summed E-state index contributed by atoms with van der Waals surface area (Å²) in [7, 11) is 1.58. The van der Waals surface area contributed by atoms with Gasteiger partial charge in [-0.1, -0.05) is 18.2 Å². The number of rotatable bonds is 6. The molecule has 0 atom stereocenters. The number of halogens is 1. The zero-order valence-corrected chi connectivity index (χ0v) is 13.5. The van der Waals surface area contributed by atoms with Gasteiger partial charge in [0.05, 0.1) is 12.7 Å². The molecular formula is C18H16FN3O3. The van der Waals surface area contributed by atoms with Gasteiger partial charge in [-0.2, -0.15) is 0 Å². The molecule has 0 aliphatic heterocycles. The summed E-state index contributed by atoms with van der Waals surface area (Å²) in [6, 6.07) is 13.1. The third-order valence-corrected chi connectivity index (χ3v) is 3.53. The van der Waals surface area contributed by atoms with Gasteiger partial charge in [0.1, 0.15) is 11.6 Å². The molecule has 7 heteroatoms. The molecule has 2 aromatic carbocycles. The largest absolute Gasteiger partial charge is 0.497 e.